The fourth-order valence-electron chi connectivity index (χ4n) is 2.80. The summed E-state index contributed by atoms with van der Waals surface area (Å²) < 4.78 is 24.7. The first kappa shape index (κ1) is 15.3. The van der Waals surface area contributed by atoms with Crippen molar-refractivity contribution in [3.8, 4) is 5.75 Å². The highest BCUT2D eigenvalue weighted by molar-refractivity contribution is 5.31. The minimum absolute atomic E-state index is 0.0639. The van der Waals surface area contributed by atoms with Gasteiger partial charge >= 0.3 is 0 Å². The molecule has 1 unspecified atom stereocenters. The SMILES string of the molecule is CCNC(CC1CCOCC1)c1ccc(OC)cc1F. The Morgan fingerprint density at radius 2 is 2.15 bits per heavy atom. The normalized spacial score (nSPS) is 17.9. The van der Waals surface area contributed by atoms with E-state index in [1.54, 1.807) is 7.11 Å². The smallest absolute Gasteiger partial charge is 0.131 e. The highest BCUT2D eigenvalue weighted by atomic mass is 19.1. The van der Waals surface area contributed by atoms with E-state index in [0.717, 1.165) is 44.6 Å². The molecule has 0 spiro atoms. The summed E-state index contributed by atoms with van der Waals surface area (Å²) in [4.78, 5) is 0. The standard InChI is InChI=1S/C16H24FNO2/c1-3-18-16(10-12-6-8-20-9-7-12)14-5-4-13(19-2)11-15(14)17/h4-5,11-12,16,18H,3,6-10H2,1-2H3. The summed E-state index contributed by atoms with van der Waals surface area (Å²) in [5.74, 6) is 0.976. The summed E-state index contributed by atoms with van der Waals surface area (Å²) in [6.45, 7) is 4.54. The lowest BCUT2D eigenvalue weighted by Gasteiger charge is -2.27. The maximum Gasteiger partial charge on any atom is 0.131 e. The summed E-state index contributed by atoms with van der Waals surface area (Å²) in [6, 6.07) is 5.19. The molecule has 3 nitrogen and oxygen atoms in total. The molecule has 2 rings (SSSR count). The molecule has 0 saturated carbocycles. The van der Waals surface area contributed by atoms with Crippen LogP contribution in [-0.2, 0) is 4.74 Å². The lowest BCUT2D eigenvalue weighted by Crippen LogP contribution is -2.27. The summed E-state index contributed by atoms with van der Waals surface area (Å²) in [5.41, 5.74) is 0.735. The quantitative estimate of drug-likeness (QED) is 0.868. The molecule has 0 radical (unpaired) electrons. The fraction of sp³-hybridized carbons (Fsp3) is 0.625. The molecule has 20 heavy (non-hydrogen) atoms. The van der Waals surface area contributed by atoms with Gasteiger partial charge in [0.1, 0.15) is 11.6 Å². The Bertz CT molecular complexity index is 419. The van der Waals surface area contributed by atoms with E-state index in [0.29, 0.717) is 11.7 Å². The lowest BCUT2D eigenvalue weighted by molar-refractivity contribution is 0.0604. The van der Waals surface area contributed by atoms with Crippen molar-refractivity contribution in [1.82, 2.24) is 5.32 Å². The number of halogens is 1. The monoisotopic (exact) mass is 281 g/mol. The minimum Gasteiger partial charge on any atom is -0.497 e. The molecule has 1 heterocycles. The second-order valence-electron chi connectivity index (χ2n) is 5.29. The Labute approximate surface area is 120 Å². The van der Waals surface area contributed by atoms with Gasteiger partial charge in [-0.1, -0.05) is 13.0 Å². The van der Waals surface area contributed by atoms with Crippen LogP contribution in [0.15, 0.2) is 18.2 Å². The fourth-order valence-corrected chi connectivity index (χ4v) is 2.80. The van der Waals surface area contributed by atoms with Crippen LogP contribution in [0.4, 0.5) is 4.39 Å². The van der Waals surface area contributed by atoms with Crippen molar-refractivity contribution < 1.29 is 13.9 Å². The first-order chi connectivity index (χ1) is 9.74. The molecule has 1 N–H and O–H groups in total. The molecule has 0 aromatic heterocycles. The molecule has 1 aliphatic rings. The molecular formula is C16H24FNO2. The Hall–Kier alpha value is -1.13. The van der Waals surface area contributed by atoms with Gasteiger partial charge in [-0.2, -0.15) is 0 Å². The molecular weight excluding hydrogens is 257 g/mol. The van der Waals surface area contributed by atoms with Crippen molar-refractivity contribution in [2.24, 2.45) is 5.92 Å². The van der Waals surface area contributed by atoms with Gasteiger partial charge in [0.2, 0.25) is 0 Å². The van der Waals surface area contributed by atoms with Gasteiger partial charge in [0, 0.05) is 30.9 Å². The summed E-state index contributed by atoms with van der Waals surface area (Å²) in [5, 5.41) is 3.40. The molecule has 1 saturated heterocycles. The zero-order valence-electron chi connectivity index (χ0n) is 12.3. The van der Waals surface area contributed by atoms with Gasteiger partial charge in [0.05, 0.1) is 7.11 Å². The molecule has 0 bridgehead atoms. The van der Waals surface area contributed by atoms with Crippen LogP contribution in [0.25, 0.3) is 0 Å². The molecule has 0 aliphatic carbocycles. The van der Waals surface area contributed by atoms with Crippen LogP contribution in [0.5, 0.6) is 5.75 Å². The van der Waals surface area contributed by atoms with Crippen LogP contribution in [0.1, 0.15) is 37.8 Å². The Morgan fingerprint density at radius 3 is 2.75 bits per heavy atom. The highest BCUT2D eigenvalue weighted by Crippen LogP contribution is 2.30. The van der Waals surface area contributed by atoms with E-state index in [4.69, 9.17) is 9.47 Å². The van der Waals surface area contributed by atoms with Crippen LogP contribution >= 0.6 is 0 Å². The molecule has 112 valence electrons. The van der Waals surface area contributed by atoms with Crippen LogP contribution < -0.4 is 10.1 Å². The Kier molecular flexibility index (Phi) is 5.80. The van der Waals surface area contributed by atoms with Crippen LogP contribution in [-0.4, -0.2) is 26.9 Å². The van der Waals surface area contributed by atoms with Gasteiger partial charge in [0.25, 0.3) is 0 Å². The largest absolute Gasteiger partial charge is 0.497 e. The van der Waals surface area contributed by atoms with E-state index in [-0.39, 0.29) is 11.9 Å². The van der Waals surface area contributed by atoms with Crippen molar-refractivity contribution in [2.45, 2.75) is 32.2 Å². The van der Waals surface area contributed by atoms with Crippen LogP contribution in [0, 0.1) is 11.7 Å². The number of nitrogens with one attached hydrogen (secondary N) is 1. The van der Waals surface area contributed by atoms with Crippen molar-refractivity contribution >= 4 is 0 Å². The summed E-state index contributed by atoms with van der Waals surface area (Å²) >= 11 is 0. The predicted molar refractivity (Wildman–Crippen MR) is 77.5 cm³/mol. The summed E-state index contributed by atoms with van der Waals surface area (Å²) in [6.07, 6.45) is 3.10. The lowest BCUT2D eigenvalue weighted by atomic mass is 9.89. The molecule has 1 aromatic carbocycles. The average Bonchev–Trinajstić information content (AvgIpc) is 2.48. The number of benzene rings is 1. The van der Waals surface area contributed by atoms with Crippen LogP contribution in [0.2, 0.25) is 0 Å². The molecule has 1 atom stereocenters. The first-order valence-corrected chi connectivity index (χ1v) is 7.39. The molecule has 1 aromatic rings. The third kappa shape index (κ3) is 3.93. The van der Waals surface area contributed by atoms with E-state index < -0.39 is 0 Å². The molecule has 0 amide bonds. The maximum atomic E-state index is 14.2. The van der Waals surface area contributed by atoms with E-state index in [9.17, 15) is 4.39 Å². The van der Waals surface area contributed by atoms with Crippen molar-refractivity contribution in [1.29, 1.82) is 0 Å². The Morgan fingerprint density at radius 1 is 1.40 bits per heavy atom. The number of hydrogen-bond acceptors (Lipinski definition) is 3. The van der Waals surface area contributed by atoms with E-state index in [2.05, 4.69) is 12.2 Å². The van der Waals surface area contributed by atoms with Gasteiger partial charge in [-0.05, 0) is 37.8 Å². The molecule has 4 heteroatoms. The van der Waals surface area contributed by atoms with E-state index in [1.807, 2.05) is 12.1 Å². The minimum atomic E-state index is -0.192. The van der Waals surface area contributed by atoms with E-state index >= 15 is 0 Å². The zero-order chi connectivity index (χ0) is 14.4. The second kappa shape index (κ2) is 7.60. The highest BCUT2D eigenvalue weighted by Gasteiger charge is 2.22. The predicted octanol–water partition coefficient (Wildman–Crippen LogP) is 3.30. The number of methoxy groups -OCH3 is 1. The van der Waals surface area contributed by atoms with Gasteiger partial charge < -0.3 is 14.8 Å². The number of rotatable bonds is 6. The zero-order valence-corrected chi connectivity index (χ0v) is 12.3. The van der Waals surface area contributed by atoms with Gasteiger partial charge in [-0.3, -0.25) is 0 Å². The molecule has 1 fully saturated rings. The Balaban J connectivity index is 2.10. The summed E-state index contributed by atoms with van der Waals surface area (Å²) in [7, 11) is 1.55. The third-order valence-corrected chi connectivity index (χ3v) is 3.94. The molecule has 1 aliphatic heterocycles. The topological polar surface area (TPSA) is 30.5 Å². The average molecular weight is 281 g/mol. The van der Waals surface area contributed by atoms with Crippen LogP contribution in [0.3, 0.4) is 0 Å². The second-order valence-corrected chi connectivity index (χ2v) is 5.29. The first-order valence-electron chi connectivity index (χ1n) is 7.39. The number of ether oxygens (including phenoxy) is 2. The van der Waals surface area contributed by atoms with Gasteiger partial charge in [-0.25, -0.2) is 4.39 Å². The number of hydrogen-bond donors (Lipinski definition) is 1. The maximum absolute atomic E-state index is 14.2. The van der Waals surface area contributed by atoms with Gasteiger partial charge in [-0.15, -0.1) is 0 Å². The van der Waals surface area contributed by atoms with E-state index in [1.165, 1.54) is 6.07 Å². The van der Waals surface area contributed by atoms with Gasteiger partial charge in [0.15, 0.2) is 0 Å². The van der Waals surface area contributed by atoms with Crippen molar-refractivity contribution in [3.63, 3.8) is 0 Å². The van der Waals surface area contributed by atoms with Crippen molar-refractivity contribution in [2.75, 3.05) is 26.9 Å². The third-order valence-electron chi connectivity index (χ3n) is 3.94. The van der Waals surface area contributed by atoms with Crippen molar-refractivity contribution in [3.05, 3.63) is 29.6 Å².